The first kappa shape index (κ1) is 18.3. The molecule has 0 aromatic rings. The van der Waals surface area contributed by atoms with Gasteiger partial charge in [-0.2, -0.15) is 0 Å². The molecule has 7 heteroatoms. The molecule has 0 aromatic heterocycles. The van der Waals surface area contributed by atoms with Crippen molar-refractivity contribution in [3.8, 4) is 0 Å². The van der Waals surface area contributed by atoms with E-state index in [9.17, 15) is 20.1 Å². The van der Waals surface area contributed by atoms with Crippen LogP contribution in [0.25, 0.3) is 0 Å². The highest BCUT2D eigenvalue weighted by molar-refractivity contribution is 6.05. The highest BCUT2D eigenvalue weighted by Crippen LogP contribution is 2.35. The van der Waals surface area contributed by atoms with Crippen LogP contribution in [0.5, 0.6) is 0 Å². The number of ketones is 1. The average molecular weight is 328 g/mol. The molecule has 130 valence electrons. The van der Waals surface area contributed by atoms with Crippen molar-refractivity contribution < 1.29 is 34.7 Å². The van der Waals surface area contributed by atoms with Crippen molar-refractivity contribution in [3.05, 3.63) is 23.3 Å². The Balaban J connectivity index is 2.10. The molecule has 23 heavy (non-hydrogen) atoms. The summed E-state index contributed by atoms with van der Waals surface area (Å²) < 4.78 is 10.8. The van der Waals surface area contributed by atoms with Gasteiger partial charge in [0.25, 0.3) is 0 Å². The molecule has 4 N–H and O–H groups in total. The summed E-state index contributed by atoms with van der Waals surface area (Å²) in [5.74, 6) is -0.100. The second-order valence-corrected chi connectivity index (χ2v) is 6.53. The van der Waals surface area contributed by atoms with Gasteiger partial charge in [-0.05, 0) is 24.1 Å². The van der Waals surface area contributed by atoms with Gasteiger partial charge in [0.15, 0.2) is 12.1 Å². The van der Waals surface area contributed by atoms with E-state index in [2.05, 4.69) is 0 Å². The minimum Gasteiger partial charge on any atom is -0.394 e. The summed E-state index contributed by atoms with van der Waals surface area (Å²) in [6, 6.07) is 0. The third-order valence-electron chi connectivity index (χ3n) is 4.49. The van der Waals surface area contributed by atoms with Crippen LogP contribution in [0, 0.1) is 5.41 Å². The molecule has 1 aliphatic carbocycles. The van der Waals surface area contributed by atoms with Crippen molar-refractivity contribution in [1.82, 2.24) is 0 Å². The molecule has 0 bridgehead atoms. The Morgan fingerprint density at radius 1 is 1.22 bits per heavy atom. The first-order valence-electron chi connectivity index (χ1n) is 7.55. The van der Waals surface area contributed by atoms with Gasteiger partial charge in [0.2, 0.25) is 0 Å². The topological polar surface area (TPSA) is 116 Å². The van der Waals surface area contributed by atoms with Gasteiger partial charge in [0.1, 0.15) is 24.4 Å². The van der Waals surface area contributed by atoms with Gasteiger partial charge in [-0.3, -0.25) is 4.79 Å². The van der Waals surface area contributed by atoms with Gasteiger partial charge in [0, 0.05) is 5.41 Å². The third-order valence-corrected chi connectivity index (χ3v) is 4.49. The maximum atomic E-state index is 11.8. The SMILES string of the molecule is CC1=C(COC2OC(CO)C(O)C(O)C2O)C(C)(C)C=CC1=O. The van der Waals surface area contributed by atoms with E-state index in [1.54, 1.807) is 13.0 Å². The van der Waals surface area contributed by atoms with Crippen molar-refractivity contribution in [2.24, 2.45) is 5.41 Å². The minimum atomic E-state index is -1.48. The van der Waals surface area contributed by atoms with E-state index in [-0.39, 0.29) is 17.8 Å². The van der Waals surface area contributed by atoms with Gasteiger partial charge in [-0.1, -0.05) is 19.9 Å². The number of allylic oxidation sites excluding steroid dienone is 3. The Morgan fingerprint density at radius 3 is 2.48 bits per heavy atom. The Hall–Kier alpha value is -1.09. The van der Waals surface area contributed by atoms with Crippen LogP contribution in [0.1, 0.15) is 20.8 Å². The van der Waals surface area contributed by atoms with Crippen LogP contribution in [0.15, 0.2) is 23.3 Å². The van der Waals surface area contributed by atoms with Crippen LogP contribution in [0.2, 0.25) is 0 Å². The predicted octanol–water partition coefficient (Wildman–Crippen LogP) is -0.716. The van der Waals surface area contributed by atoms with Gasteiger partial charge in [-0.25, -0.2) is 0 Å². The molecule has 2 aliphatic rings. The Kier molecular flexibility index (Phi) is 5.40. The fourth-order valence-corrected chi connectivity index (χ4v) is 2.81. The summed E-state index contributed by atoms with van der Waals surface area (Å²) in [7, 11) is 0. The first-order chi connectivity index (χ1) is 10.7. The van der Waals surface area contributed by atoms with E-state index in [0.717, 1.165) is 5.57 Å². The maximum absolute atomic E-state index is 11.8. The summed E-state index contributed by atoms with van der Waals surface area (Å²) in [5, 5.41) is 38.6. The van der Waals surface area contributed by atoms with E-state index in [4.69, 9.17) is 14.6 Å². The quantitative estimate of drug-likeness (QED) is 0.538. The van der Waals surface area contributed by atoms with Crippen molar-refractivity contribution in [1.29, 1.82) is 0 Å². The van der Waals surface area contributed by atoms with Crippen LogP contribution in [-0.2, 0) is 14.3 Å². The number of carbonyl (C=O) groups excluding carboxylic acids is 1. The Labute approximate surface area is 134 Å². The standard InChI is InChI=1S/C16H24O7/c1-8-9(16(2,3)5-4-10(8)18)7-22-15-14(21)13(20)12(19)11(6-17)23-15/h4-5,11-15,17,19-21H,6-7H2,1-3H3. The van der Waals surface area contributed by atoms with Gasteiger partial charge in [-0.15, -0.1) is 0 Å². The second kappa shape index (κ2) is 6.80. The van der Waals surface area contributed by atoms with Crippen LogP contribution in [0.3, 0.4) is 0 Å². The van der Waals surface area contributed by atoms with Crippen molar-refractivity contribution >= 4 is 5.78 Å². The smallest absolute Gasteiger partial charge is 0.187 e. The van der Waals surface area contributed by atoms with E-state index >= 15 is 0 Å². The molecule has 7 nitrogen and oxygen atoms in total. The van der Waals surface area contributed by atoms with Gasteiger partial charge in [0.05, 0.1) is 13.2 Å². The molecule has 1 aliphatic heterocycles. The zero-order chi connectivity index (χ0) is 17.4. The van der Waals surface area contributed by atoms with E-state index in [1.807, 2.05) is 13.8 Å². The van der Waals surface area contributed by atoms with Gasteiger partial charge < -0.3 is 29.9 Å². The van der Waals surface area contributed by atoms with Crippen molar-refractivity contribution in [2.45, 2.75) is 51.5 Å². The zero-order valence-electron chi connectivity index (χ0n) is 13.5. The molecule has 1 saturated heterocycles. The maximum Gasteiger partial charge on any atom is 0.187 e. The first-order valence-corrected chi connectivity index (χ1v) is 7.55. The summed E-state index contributed by atoms with van der Waals surface area (Å²) in [6.45, 7) is 5.09. The lowest BCUT2D eigenvalue weighted by Crippen LogP contribution is -2.59. The highest BCUT2D eigenvalue weighted by atomic mass is 16.7. The van der Waals surface area contributed by atoms with Crippen molar-refractivity contribution in [2.75, 3.05) is 13.2 Å². The number of hydrogen-bond acceptors (Lipinski definition) is 7. The number of hydrogen-bond donors (Lipinski definition) is 4. The van der Waals surface area contributed by atoms with Gasteiger partial charge >= 0.3 is 0 Å². The molecule has 0 spiro atoms. The second-order valence-electron chi connectivity index (χ2n) is 6.53. The summed E-state index contributed by atoms with van der Waals surface area (Å²) in [6.07, 6.45) is -3.28. The summed E-state index contributed by atoms with van der Waals surface area (Å²) in [4.78, 5) is 11.8. The molecule has 0 radical (unpaired) electrons. The Morgan fingerprint density at radius 2 is 1.87 bits per heavy atom. The molecule has 1 fully saturated rings. The molecule has 5 atom stereocenters. The fourth-order valence-electron chi connectivity index (χ4n) is 2.81. The summed E-state index contributed by atoms with van der Waals surface area (Å²) in [5.41, 5.74) is 0.940. The zero-order valence-corrected chi connectivity index (χ0v) is 13.5. The monoisotopic (exact) mass is 328 g/mol. The number of aliphatic hydroxyl groups excluding tert-OH is 4. The largest absolute Gasteiger partial charge is 0.394 e. The molecule has 1 heterocycles. The summed E-state index contributed by atoms with van der Waals surface area (Å²) >= 11 is 0. The molecule has 2 rings (SSSR count). The number of rotatable bonds is 4. The fraction of sp³-hybridized carbons (Fsp3) is 0.688. The lowest BCUT2D eigenvalue weighted by Gasteiger charge is -2.40. The molecule has 0 saturated carbocycles. The van der Waals surface area contributed by atoms with E-state index in [0.29, 0.717) is 5.57 Å². The highest BCUT2D eigenvalue weighted by Gasteiger charge is 2.44. The number of carbonyl (C=O) groups is 1. The number of aliphatic hydroxyl groups is 4. The van der Waals surface area contributed by atoms with Crippen LogP contribution in [-0.4, -0.2) is 70.1 Å². The molecular formula is C16H24O7. The molecular weight excluding hydrogens is 304 g/mol. The van der Waals surface area contributed by atoms with Crippen LogP contribution >= 0.6 is 0 Å². The third kappa shape index (κ3) is 3.55. The lowest BCUT2D eigenvalue weighted by atomic mass is 9.77. The normalized spacial score (nSPS) is 37.3. The van der Waals surface area contributed by atoms with Crippen LogP contribution < -0.4 is 0 Å². The Bertz CT molecular complexity index is 521. The van der Waals surface area contributed by atoms with Crippen molar-refractivity contribution in [3.63, 3.8) is 0 Å². The molecule has 0 amide bonds. The van der Waals surface area contributed by atoms with E-state index in [1.165, 1.54) is 6.08 Å². The molecule has 0 aromatic carbocycles. The average Bonchev–Trinajstić information content (AvgIpc) is 2.51. The lowest BCUT2D eigenvalue weighted by molar-refractivity contribution is -0.299. The predicted molar refractivity (Wildman–Crippen MR) is 80.3 cm³/mol. The number of ether oxygens (including phenoxy) is 2. The van der Waals surface area contributed by atoms with Crippen LogP contribution in [0.4, 0.5) is 0 Å². The minimum absolute atomic E-state index is 0.0254. The molecule has 5 unspecified atom stereocenters. The van der Waals surface area contributed by atoms with E-state index < -0.39 is 37.3 Å².